The predicted molar refractivity (Wildman–Crippen MR) is 105 cm³/mol. The van der Waals surface area contributed by atoms with Crippen molar-refractivity contribution in [1.29, 1.82) is 0 Å². The van der Waals surface area contributed by atoms with Crippen LogP contribution in [0.4, 0.5) is 0 Å². The first kappa shape index (κ1) is 20.1. The van der Waals surface area contributed by atoms with Gasteiger partial charge in [-0.3, -0.25) is 4.79 Å². The van der Waals surface area contributed by atoms with Crippen LogP contribution in [-0.4, -0.2) is 56.3 Å². The van der Waals surface area contributed by atoms with Gasteiger partial charge in [-0.25, -0.2) is 0 Å². The summed E-state index contributed by atoms with van der Waals surface area (Å²) in [5.41, 5.74) is 0.769. The van der Waals surface area contributed by atoms with Crippen molar-refractivity contribution in [1.82, 2.24) is 25.1 Å². The number of rotatable bonds is 7. The first-order valence-electron chi connectivity index (χ1n) is 10.0. The summed E-state index contributed by atoms with van der Waals surface area (Å²) in [7, 11) is 0. The molecule has 1 aliphatic rings. The Morgan fingerprint density at radius 2 is 1.79 bits per heavy atom. The zero-order chi connectivity index (χ0) is 20.1. The van der Waals surface area contributed by atoms with E-state index in [0.29, 0.717) is 30.5 Å². The molecule has 8 nitrogen and oxygen atoms in total. The molecule has 0 radical (unpaired) electrons. The van der Waals surface area contributed by atoms with Crippen LogP contribution in [0.2, 0.25) is 0 Å². The van der Waals surface area contributed by atoms with E-state index in [4.69, 9.17) is 9.47 Å². The zero-order valence-corrected chi connectivity index (χ0v) is 17.1. The number of aromatic nitrogens is 4. The summed E-state index contributed by atoms with van der Waals surface area (Å²) in [6.45, 7) is 9.24. The maximum absolute atomic E-state index is 12.8. The highest BCUT2D eigenvalue weighted by molar-refractivity contribution is 5.76. The summed E-state index contributed by atoms with van der Waals surface area (Å²) in [5.74, 6) is 1.82. The Kier molecular flexibility index (Phi) is 6.49. The van der Waals surface area contributed by atoms with Crippen LogP contribution >= 0.6 is 0 Å². The summed E-state index contributed by atoms with van der Waals surface area (Å²) in [6.07, 6.45) is 3.24. The Hall–Kier alpha value is -2.64. The highest BCUT2D eigenvalue weighted by Crippen LogP contribution is 2.31. The van der Waals surface area contributed by atoms with Crippen LogP contribution in [0.1, 0.15) is 47.0 Å². The third-order valence-corrected chi connectivity index (χ3v) is 5.01. The lowest BCUT2D eigenvalue weighted by atomic mass is 9.97. The van der Waals surface area contributed by atoms with Gasteiger partial charge in [0.25, 0.3) is 0 Å². The van der Waals surface area contributed by atoms with E-state index in [1.165, 1.54) is 4.80 Å². The number of ether oxygens (including phenoxy) is 2. The summed E-state index contributed by atoms with van der Waals surface area (Å²) >= 11 is 0. The van der Waals surface area contributed by atoms with Gasteiger partial charge in [-0.15, -0.1) is 10.2 Å². The van der Waals surface area contributed by atoms with Crippen LogP contribution in [-0.2, 0) is 11.3 Å². The molecule has 2 heterocycles. The highest BCUT2D eigenvalue weighted by Gasteiger charge is 2.29. The molecule has 1 aromatic carbocycles. The molecule has 0 saturated carbocycles. The summed E-state index contributed by atoms with van der Waals surface area (Å²) in [4.78, 5) is 16.1. The molecule has 0 N–H and O–H groups in total. The van der Waals surface area contributed by atoms with Gasteiger partial charge in [0.15, 0.2) is 11.5 Å². The Balaban J connectivity index is 1.75. The highest BCUT2D eigenvalue weighted by atomic mass is 16.5. The van der Waals surface area contributed by atoms with Crippen LogP contribution in [0.25, 0.3) is 11.4 Å². The Labute approximate surface area is 165 Å². The quantitative estimate of drug-likeness (QED) is 0.726. The fourth-order valence-corrected chi connectivity index (χ4v) is 3.73. The number of likely N-dealkylation sites (tertiary alicyclic amines) is 1. The van der Waals surface area contributed by atoms with Gasteiger partial charge in [0.1, 0.15) is 6.54 Å². The Bertz CT molecular complexity index is 797. The molecule has 152 valence electrons. The summed E-state index contributed by atoms with van der Waals surface area (Å²) in [6, 6.07) is 6.04. The van der Waals surface area contributed by atoms with E-state index in [1.807, 2.05) is 36.9 Å². The molecule has 0 spiro atoms. The van der Waals surface area contributed by atoms with Gasteiger partial charge in [0, 0.05) is 17.6 Å². The summed E-state index contributed by atoms with van der Waals surface area (Å²) < 4.78 is 11.2. The standard InChI is InChI=1S/C20H29N5O3/c1-5-27-17-11-10-16(12-18(17)28-6-2)20-21-23-24(22-20)13-19(26)25-14(3)8-7-9-15(25)4/h10-12,14-15H,5-9,13H2,1-4H3. The van der Waals surface area contributed by atoms with Gasteiger partial charge in [-0.05, 0) is 70.4 Å². The molecule has 0 bridgehead atoms. The van der Waals surface area contributed by atoms with Crippen LogP contribution in [0.3, 0.4) is 0 Å². The monoisotopic (exact) mass is 387 g/mol. The number of hydrogen-bond acceptors (Lipinski definition) is 6. The molecule has 1 aromatic heterocycles. The zero-order valence-electron chi connectivity index (χ0n) is 17.1. The van der Waals surface area contributed by atoms with Crippen molar-refractivity contribution in [3.8, 4) is 22.9 Å². The van der Waals surface area contributed by atoms with Crippen LogP contribution in [0.15, 0.2) is 18.2 Å². The van der Waals surface area contributed by atoms with Crippen molar-refractivity contribution in [3.05, 3.63) is 18.2 Å². The molecular weight excluding hydrogens is 358 g/mol. The van der Waals surface area contributed by atoms with Crippen molar-refractivity contribution in [3.63, 3.8) is 0 Å². The van der Waals surface area contributed by atoms with E-state index in [0.717, 1.165) is 24.8 Å². The molecule has 1 fully saturated rings. The normalized spacial score (nSPS) is 19.5. The second kappa shape index (κ2) is 9.03. The number of benzene rings is 1. The minimum Gasteiger partial charge on any atom is -0.490 e. The topological polar surface area (TPSA) is 82.4 Å². The largest absolute Gasteiger partial charge is 0.490 e. The fraction of sp³-hybridized carbons (Fsp3) is 0.600. The van der Waals surface area contributed by atoms with Crippen LogP contribution in [0.5, 0.6) is 11.5 Å². The SMILES string of the molecule is CCOc1ccc(-c2nnn(CC(=O)N3C(C)CCCC3C)n2)cc1OCC. The third kappa shape index (κ3) is 4.43. The van der Waals surface area contributed by atoms with Crippen molar-refractivity contribution >= 4 is 5.91 Å². The molecular formula is C20H29N5O3. The second-order valence-corrected chi connectivity index (χ2v) is 7.10. The molecule has 28 heavy (non-hydrogen) atoms. The molecule has 1 saturated heterocycles. The van der Waals surface area contributed by atoms with Gasteiger partial charge in [0.2, 0.25) is 11.7 Å². The number of amides is 1. The molecule has 3 rings (SSSR count). The van der Waals surface area contributed by atoms with E-state index >= 15 is 0 Å². The van der Waals surface area contributed by atoms with Crippen molar-refractivity contribution in [2.24, 2.45) is 0 Å². The molecule has 8 heteroatoms. The average molecular weight is 387 g/mol. The number of nitrogens with zero attached hydrogens (tertiary/aromatic N) is 5. The van der Waals surface area contributed by atoms with Gasteiger partial charge >= 0.3 is 0 Å². The van der Waals surface area contributed by atoms with Gasteiger partial charge in [-0.2, -0.15) is 4.80 Å². The van der Waals surface area contributed by atoms with Crippen molar-refractivity contribution in [2.45, 2.75) is 65.6 Å². The minimum absolute atomic E-state index is 0.0327. The smallest absolute Gasteiger partial charge is 0.246 e. The first-order valence-corrected chi connectivity index (χ1v) is 10.0. The Morgan fingerprint density at radius 3 is 2.46 bits per heavy atom. The maximum atomic E-state index is 12.8. The van der Waals surface area contributed by atoms with E-state index < -0.39 is 0 Å². The van der Waals surface area contributed by atoms with Gasteiger partial charge in [0.05, 0.1) is 13.2 Å². The lowest BCUT2D eigenvalue weighted by molar-refractivity contribution is -0.138. The second-order valence-electron chi connectivity index (χ2n) is 7.10. The van der Waals surface area contributed by atoms with E-state index in [9.17, 15) is 4.79 Å². The lowest BCUT2D eigenvalue weighted by Gasteiger charge is -2.38. The van der Waals surface area contributed by atoms with Crippen LogP contribution < -0.4 is 9.47 Å². The van der Waals surface area contributed by atoms with E-state index in [1.54, 1.807) is 0 Å². The minimum atomic E-state index is 0.0327. The number of hydrogen-bond donors (Lipinski definition) is 0. The average Bonchev–Trinajstić information content (AvgIpc) is 3.12. The molecule has 2 atom stereocenters. The number of piperidine rings is 1. The number of carbonyl (C=O) groups is 1. The summed E-state index contributed by atoms with van der Waals surface area (Å²) in [5, 5.41) is 12.6. The molecule has 0 aliphatic carbocycles. The van der Waals surface area contributed by atoms with E-state index in [2.05, 4.69) is 29.3 Å². The van der Waals surface area contributed by atoms with Crippen LogP contribution in [0, 0.1) is 0 Å². The molecule has 1 aliphatic heterocycles. The first-order chi connectivity index (χ1) is 13.5. The number of carbonyl (C=O) groups excluding carboxylic acids is 1. The Morgan fingerprint density at radius 1 is 1.11 bits per heavy atom. The molecule has 2 aromatic rings. The maximum Gasteiger partial charge on any atom is 0.246 e. The van der Waals surface area contributed by atoms with Crippen molar-refractivity contribution < 1.29 is 14.3 Å². The van der Waals surface area contributed by atoms with E-state index in [-0.39, 0.29) is 24.5 Å². The lowest BCUT2D eigenvalue weighted by Crippen LogP contribution is -2.48. The fourth-order valence-electron chi connectivity index (χ4n) is 3.73. The third-order valence-electron chi connectivity index (χ3n) is 5.01. The van der Waals surface area contributed by atoms with Gasteiger partial charge in [-0.1, -0.05) is 0 Å². The molecule has 1 amide bonds. The number of tetrazole rings is 1. The van der Waals surface area contributed by atoms with Gasteiger partial charge < -0.3 is 14.4 Å². The van der Waals surface area contributed by atoms with Crippen molar-refractivity contribution in [2.75, 3.05) is 13.2 Å². The molecule has 2 unspecified atom stereocenters. The predicted octanol–water partition coefficient (Wildman–Crippen LogP) is 2.93.